The fraction of sp³-hybridized carbons (Fsp3) is 0.600. The van der Waals surface area contributed by atoms with Crippen LogP contribution in [0.4, 0.5) is 0 Å². The van der Waals surface area contributed by atoms with Gasteiger partial charge in [-0.2, -0.15) is 0 Å². The number of rotatable bonds is 9. The number of benzene rings is 1. The first-order valence-electron chi connectivity index (χ1n) is 9.38. The van der Waals surface area contributed by atoms with Gasteiger partial charge < -0.3 is 25.4 Å². The lowest BCUT2D eigenvalue weighted by molar-refractivity contribution is -0.128. The molecule has 3 N–H and O–H groups in total. The summed E-state index contributed by atoms with van der Waals surface area (Å²) in [4.78, 5) is 16.4. The van der Waals surface area contributed by atoms with Gasteiger partial charge in [-0.25, -0.2) is 4.99 Å². The normalized spacial score (nSPS) is 12.4. The molecule has 0 spiro atoms. The molecule has 0 aromatic heterocycles. The number of nitrogens with zero attached hydrogens (tertiary/aromatic N) is 1. The first-order chi connectivity index (χ1) is 12.8. The lowest BCUT2D eigenvalue weighted by Gasteiger charge is -2.19. The number of para-hydroxylation sites is 2. The maximum absolute atomic E-state index is 11.9. The van der Waals surface area contributed by atoms with Crippen molar-refractivity contribution >= 4 is 35.8 Å². The Hall–Kier alpha value is -1.71. The van der Waals surface area contributed by atoms with Gasteiger partial charge in [0, 0.05) is 25.0 Å². The molecule has 160 valence electrons. The van der Waals surface area contributed by atoms with Crippen molar-refractivity contribution in [2.45, 2.75) is 40.7 Å². The van der Waals surface area contributed by atoms with Crippen LogP contribution in [0.2, 0.25) is 0 Å². The largest absolute Gasteiger partial charge is 0.493 e. The number of carbonyl (C=O) groups excluding carboxylic acids is 1. The number of ether oxygens (including phenoxy) is 2. The Morgan fingerprint density at radius 1 is 1.11 bits per heavy atom. The third kappa shape index (κ3) is 10.0. The molecule has 1 aromatic carbocycles. The molecule has 1 rings (SSSR count). The van der Waals surface area contributed by atoms with Crippen molar-refractivity contribution in [2.24, 2.45) is 10.4 Å². The van der Waals surface area contributed by atoms with Gasteiger partial charge >= 0.3 is 0 Å². The molecule has 0 aliphatic rings. The standard InChI is InChI=1S/C20H34N4O3.HI/c1-7-21-19(23-13-12-22-18(25)20(3,4)5)24-14-15(2)27-17-11-9-8-10-16(17)26-6;/h8-11,15H,7,12-14H2,1-6H3,(H,22,25)(H2,21,23,24);1H. The van der Waals surface area contributed by atoms with Crippen LogP contribution in [0.3, 0.4) is 0 Å². The van der Waals surface area contributed by atoms with Gasteiger partial charge in [0.2, 0.25) is 5.91 Å². The smallest absolute Gasteiger partial charge is 0.225 e. The van der Waals surface area contributed by atoms with E-state index < -0.39 is 0 Å². The van der Waals surface area contributed by atoms with E-state index in [2.05, 4.69) is 20.9 Å². The van der Waals surface area contributed by atoms with E-state index in [1.807, 2.05) is 58.9 Å². The molecular formula is C20H35IN4O3. The molecule has 0 bridgehead atoms. The van der Waals surface area contributed by atoms with Crippen LogP contribution in [-0.2, 0) is 4.79 Å². The highest BCUT2D eigenvalue weighted by Gasteiger charge is 2.20. The van der Waals surface area contributed by atoms with Crippen LogP contribution < -0.4 is 25.4 Å². The zero-order valence-electron chi connectivity index (χ0n) is 17.8. The van der Waals surface area contributed by atoms with E-state index >= 15 is 0 Å². The average Bonchev–Trinajstić information content (AvgIpc) is 2.62. The van der Waals surface area contributed by atoms with E-state index in [4.69, 9.17) is 9.47 Å². The topological polar surface area (TPSA) is 84.0 Å². The SMILES string of the molecule is CCNC(=NCC(C)Oc1ccccc1OC)NCCNC(=O)C(C)(C)C.I. The Morgan fingerprint density at radius 3 is 2.29 bits per heavy atom. The first-order valence-corrected chi connectivity index (χ1v) is 9.38. The van der Waals surface area contributed by atoms with Crippen LogP contribution in [0.5, 0.6) is 11.5 Å². The monoisotopic (exact) mass is 506 g/mol. The van der Waals surface area contributed by atoms with Crippen molar-refractivity contribution in [1.29, 1.82) is 0 Å². The number of halogens is 1. The van der Waals surface area contributed by atoms with Gasteiger partial charge in [-0.15, -0.1) is 24.0 Å². The summed E-state index contributed by atoms with van der Waals surface area (Å²) in [5.41, 5.74) is -0.385. The summed E-state index contributed by atoms with van der Waals surface area (Å²) in [5, 5.41) is 9.31. The number of nitrogens with one attached hydrogen (secondary N) is 3. The second-order valence-electron chi connectivity index (χ2n) is 7.23. The number of guanidine groups is 1. The number of hydrogen-bond donors (Lipinski definition) is 3. The molecule has 1 atom stereocenters. The molecule has 0 saturated heterocycles. The summed E-state index contributed by atoms with van der Waals surface area (Å²) >= 11 is 0. The summed E-state index contributed by atoms with van der Waals surface area (Å²) < 4.78 is 11.2. The van der Waals surface area contributed by atoms with Crippen molar-refractivity contribution in [2.75, 3.05) is 33.3 Å². The summed E-state index contributed by atoms with van der Waals surface area (Å²) in [6.45, 7) is 12.0. The van der Waals surface area contributed by atoms with E-state index in [1.54, 1.807) is 7.11 Å². The van der Waals surface area contributed by atoms with Crippen LogP contribution in [0.25, 0.3) is 0 Å². The third-order valence-corrected chi connectivity index (χ3v) is 3.63. The Labute approximate surface area is 186 Å². The maximum Gasteiger partial charge on any atom is 0.225 e. The first kappa shape index (κ1) is 26.3. The minimum Gasteiger partial charge on any atom is -0.493 e. The molecule has 0 aliphatic carbocycles. The molecule has 0 saturated carbocycles. The third-order valence-electron chi connectivity index (χ3n) is 3.63. The highest BCUT2D eigenvalue weighted by atomic mass is 127. The van der Waals surface area contributed by atoms with E-state index in [0.29, 0.717) is 37.1 Å². The Bertz CT molecular complexity index is 618. The van der Waals surface area contributed by atoms with Gasteiger partial charge in [0.15, 0.2) is 17.5 Å². The second-order valence-corrected chi connectivity index (χ2v) is 7.23. The van der Waals surface area contributed by atoms with Gasteiger partial charge in [0.25, 0.3) is 0 Å². The molecule has 8 heteroatoms. The summed E-state index contributed by atoms with van der Waals surface area (Å²) in [6.07, 6.45) is -0.114. The zero-order chi connectivity index (χ0) is 20.3. The van der Waals surface area contributed by atoms with Crippen molar-refractivity contribution < 1.29 is 14.3 Å². The summed E-state index contributed by atoms with van der Waals surface area (Å²) in [6, 6.07) is 7.55. The van der Waals surface area contributed by atoms with Crippen LogP contribution >= 0.6 is 24.0 Å². The number of amides is 1. The lowest BCUT2D eigenvalue weighted by atomic mass is 9.96. The van der Waals surface area contributed by atoms with Crippen molar-refractivity contribution in [3.63, 3.8) is 0 Å². The van der Waals surface area contributed by atoms with Gasteiger partial charge in [0.1, 0.15) is 6.10 Å². The number of hydrogen-bond acceptors (Lipinski definition) is 4. The molecular weight excluding hydrogens is 471 g/mol. The number of aliphatic imine (C=N–C) groups is 1. The molecule has 7 nitrogen and oxygen atoms in total. The van der Waals surface area contributed by atoms with Crippen LogP contribution in [-0.4, -0.2) is 51.3 Å². The zero-order valence-corrected chi connectivity index (χ0v) is 20.1. The number of carbonyl (C=O) groups is 1. The van der Waals surface area contributed by atoms with E-state index in [9.17, 15) is 4.79 Å². The molecule has 0 aliphatic heterocycles. The fourth-order valence-electron chi connectivity index (χ4n) is 2.15. The van der Waals surface area contributed by atoms with Crippen LogP contribution in [0.1, 0.15) is 34.6 Å². The Balaban J connectivity index is 0.00000729. The lowest BCUT2D eigenvalue weighted by Crippen LogP contribution is -2.43. The van der Waals surface area contributed by atoms with E-state index in [-0.39, 0.29) is 41.4 Å². The van der Waals surface area contributed by atoms with Crippen LogP contribution in [0.15, 0.2) is 29.3 Å². The maximum atomic E-state index is 11.9. The quantitative estimate of drug-likeness (QED) is 0.208. The minimum atomic E-state index is -0.385. The Morgan fingerprint density at radius 2 is 1.71 bits per heavy atom. The summed E-state index contributed by atoms with van der Waals surface area (Å²) in [7, 11) is 1.62. The molecule has 0 radical (unpaired) electrons. The highest BCUT2D eigenvalue weighted by Crippen LogP contribution is 2.26. The van der Waals surface area contributed by atoms with Gasteiger partial charge in [-0.05, 0) is 26.0 Å². The molecule has 0 fully saturated rings. The molecule has 1 aromatic rings. The molecule has 1 unspecified atom stereocenters. The molecule has 1 amide bonds. The molecule has 28 heavy (non-hydrogen) atoms. The van der Waals surface area contributed by atoms with E-state index in [1.165, 1.54) is 0 Å². The fourth-order valence-corrected chi connectivity index (χ4v) is 2.15. The second kappa shape index (κ2) is 13.5. The Kier molecular flexibility index (Phi) is 12.6. The minimum absolute atomic E-state index is 0. The van der Waals surface area contributed by atoms with Gasteiger partial charge in [-0.3, -0.25) is 4.79 Å². The van der Waals surface area contributed by atoms with Crippen molar-refractivity contribution in [1.82, 2.24) is 16.0 Å². The number of methoxy groups -OCH3 is 1. The van der Waals surface area contributed by atoms with E-state index in [0.717, 1.165) is 6.54 Å². The summed E-state index contributed by atoms with van der Waals surface area (Å²) in [5.74, 6) is 2.13. The van der Waals surface area contributed by atoms with Gasteiger partial charge in [0.05, 0.1) is 13.7 Å². The predicted octanol–water partition coefficient (Wildman–Crippen LogP) is 2.80. The molecule has 0 heterocycles. The van der Waals surface area contributed by atoms with Gasteiger partial charge in [-0.1, -0.05) is 32.9 Å². The average molecular weight is 506 g/mol. The van der Waals surface area contributed by atoms with Crippen molar-refractivity contribution in [3.8, 4) is 11.5 Å². The highest BCUT2D eigenvalue weighted by molar-refractivity contribution is 14.0. The van der Waals surface area contributed by atoms with Crippen molar-refractivity contribution in [3.05, 3.63) is 24.3 Å². The van der Waals surface area contributed by atoms with Crippen LogP contribution in [0, 0.1) is 5.41 Å². The predicted molar refractivity (Wildman–Crippen MR) is 125 cm³/mol.